The molecule has 0 aromatic heterocycles. The fraction of sp³-hybridized carbons (Fsp3) is 0.743. The number of hydrogen-bond donors (Lipinski definition) is 0. The Morgan fingerprint density at radius 2 is 1.21 bits per heavy atom. The van der Waals surface area contributed by atoms with E-state index in [1.807, 2.05) is 13.8 Å². The van der Waals surface area contributed by atoms with E-state index in [2.05, 4.69) is 55.0 Å². The molecule has 1 aromatic rings. The van der Waals surface area contributed by atoms with Gasteiger partial charge in [-0.2, -0.15) is 0 Å². The maximum atomic E-state index is 12.9. The van der Waals surface area contributed by atoms with Crippen molar-refractivity contribution in [2.75, 3.05) is 0 Å². The first-order chi connectivity index (χ1) is 18.1. The summed E-state index contributed by atoms with van der Waals surface area (Å²) in [7, 11) is 0. The molecule has 0 spiro atoms. The van der Waals surface area contributed by atoms with Gasteiger partial charge in [0.2, 0.25) is 0 Å². The van der Waals surface area contributed by atoms with Crippen LogP contribution >= 0.6 is 0 Å². The van der Waals surface area contributed by atoms with Gasteiger partial charge in [-0.25, -0.2) is 8.78 Å². The number of allylic oxidation sites excluding steroid dienone is 1. The van der Waals surface area contributed by atoms with Crippen LogP contribution < -0.4 is 0 Å². The highest BCUT2D eigenvalue weighted by Crippen LogP contribution is 2.16. The van der Waals surface area contributed by atoms with Crippen LogP contribution in [0.5, 0.6) is 0 Å². The van der Waals surface area contributed by atoms with Crippen LogP contribution in [-0.4, -0.2) is 5.78 Å². The normalized spacial score (nSPS) is 11.6. The highest BCUT2D eigenvalue weighted by atomic mass is 19.1. The summed E-state index contributed by atoms with van der Waals surface area (Å²) in [6.45, 7) is 23.1. The Bertz CT molecular complexity index is 648. The summed E-state index contributed by atoms with van der Waals surface area (Å²) in [6.07, 6.45) is 16.6. The predicted molar refractivity (Wildman–Crippen MR) is 167 cm³/mol. The van der Waals surface area contributed by atoms with E-state index in [9.17, 15) is 13.6 Å². The second kappa shape index (κ2) is 30.0. The number of aryl methyl sites for hydroxylation is 1. The van der Waals surface area contributed by atoms with Crippen molar-refractivity contribution in [2.45, 2.75) is 159 Å². The molecule has 38 heavy (non-hydrogen) atoms. The lowest BCUT2D eigenvalue weighted by molar-refractivity contribution is -0.119. The summed E-state index contributed by atoms with van der Waals surface area (Å²) in [4.78, 5) is 11.2. The van der Waals surface area contributed by atoms with Crippen LogP contribution in [0, 0.1) is 23.5 Å². The highest BCUT2D eigenvalue weighted by molar-refractivity contribution is 5.78. The van der Waals surface area contributed by atoms with Crippen LogP contribution in [0.1, 0.15) is 158 Å². The summed E-state index contributed by atoms with van der Waals surface area (Å²) in [5.41, 5.74) is 2.07. The smallest absolute Gasteiger partial charge is 0.132 e. The molecule has 0 aliphatic carbocycles. The molecule has 0 saturated heterocycles. The van der Waals surface area contributed by atoms with E-state index in [4.69, 9.17) is 0 Å². The summed E-state index contributed by atoms with van der Waals surface area (Å²) in [5.74, 6) is 1.02. The molecule has 0 aliphatic heterocycles. The molecule has 1 nitrogen and oxygen atoms in total. The molecule has 0 amide bonds. The van der Waals surface area contributed by atoms with Crippen molar-refractivity contribution in [1.82, 2.24) is 0 Å². The summed E-state index contributed by atoms with van der Waals surface area (Å²) in [5, 5.41) is 0. The van der Waals surface area contributed by atoms with E-state index >= 15 is 0 Å². The Morgan fingerprint density at radius 3 is 1.61 bits per heavy atom. The highest BCUT2D eigenvalue weighted by Gasteiger charge is 2.04. The maximum Gasteiger partial charge on any atom is 0.132 e. The standard InChI is InChI=1S/C14H20F2.C12H24O.C7H14.C2H6/c1-3-5-11(2)6-4-7-12-8-13(15)10-14(16)9-12;1-4-7-11(3)9-6-10-12(13)8-5-2;1-4-5-6-7(2)3;1-2/h8-11H,3-7H2,1-2H3;11H,4-10H2,1-3H3;2,4-6H2,1,3H3;1-2H3. The monoisotopic (exact) mass is 538 g/mol. The molecule has 1 rings (SSSR count). The average molecular weight is 539 g/mol. The van der Waals surface area contributed by atoms with Crippen LogP contribution in [-0.2, 0) is 11.2 Å². The number of halogens is 2. The lowest BCUT2D eigenvalue weighted by atomic mass is 9.97. The number of hydrogen-bond acceptors (Lipinski definition) is 1. The third-order valence-electron chi connectivity index (χ3n) is 6.29. The van der Waals surface area contributed by atoms with E-state index in [1.165, 1.54) is 69.1 Å². The molecular formula is C35H64F2O. The summed E-state index contributed by atoms with van der Waals surface area (Å²) < 4.78 is 25.8. The Hall–Kier alpha value is -1.51. The van der Waals surface area contributed by atoms with Crippen LogP contribution in [0.4, 0.5) is 8.78 Å². The van der Waals surface area contributed by atoms with Gasteiger partial charge in [-0.05, 0) is 75.0 Å². The van der Waals surface area contributed by atoms with Gasteiger partial charge in [0.1, 0.15) is 17.4 Å². The molecule has 0 fully saturated rings. The van der Waals surface area contributed by atoms with Crippen LogP contribution in [0.15, 0.2) is 30.4 Å². The van der Waals surface area contributed by atoms with Gasteiger partial charge in [-0.15, -0.1) is 6.58 Å². The van der Waals surface area contributed by atoms with E-state index in [0.717, 1.165) is 62.5 Å². The molecule has 1 aromatic carbocycles. The molecule has 0 heterocycles. The zero-order valence-electron chi connectivity index (χ0n) is 26.9. The van der Waals surface area contributed by atoms with E-state index in [1.54, 1.807) is 0 Å². The van der Waals surface area contributed by atoms with Crippen molar-refractivity contribution in [3.8, 4) is 0 Å². The fourth-order valence-corrected chi connectivity index (χ4v) is 4.21. The SMILES string of the molecule is C=C(C)CCCC.CC.CCCC(=O)CCCC(C)CCC.CCCC(C)CCCc1cc(F)cc(F)c1. The van der Waals surface area contributed by atoms with E-state index < -0.39 is 11.6 Å². The van der Waals surface area contributed by atoms with E-state index in [0.29, 0.717) is 11.7 Å². The minimum absolute atomic E-state index is 0.450. The van der Waals surface area contributed by atoms with Gasteiger partial charge in [0.15, 0.2) is 0 Å². The molecule has 0 saturated carbocycles. The van der Waals surface area contributed by atoms with Gasteiger partial charge in [0, 0.05) is 18.9 Å². The minimum atomic E-state index is -0.475. The maximum absolute atomic E-state index is 12.9. The Morgan fingerprint density at radius 1 is 0.711 bits per heavy atom. The lowest BCUT2D eigenvalue weighted by Crippen LogP contribution is -1.99. The van der Waals surface area contributed by atoms with Gasteiger partial charge in [-0.1, -0.05) is 106 Å². The zero-order valence-corrected chi connectivity index (χ0v) is 26.9. The van der Waals surface area contributed by atoms with Gasteiger partial charge in [-0.3, -0.25) is 4.79 Å². The first-order valence-electron chi connectivity index (χ1n) is 15.7. The van der Waals surface area contributed by atoms with Gasteiger partial charge in [0.05, 0.1) is 0 Å². The zero-order chi connectivity index (χ0) is 29.8. The Kier molecular flexibility index (Phi) is 32.4. The molecule has 0 N–H and O–H groups in total. The molecule has 0 radical (unpaired) electrons. The van der Waals surface area contributed by atoms with Gasteiger partial charge in [0.25, 0.3) is 0 Å². The van der Waals surface area contributed by atoms with Crippen molar-refractivity contribution in [3.05, 3.63) is 47.5 Å². The minimum Gasteiger partial charge on any atom is -0.300 e. The Labute approximate surface area is 237 Å². The van der Waals surface area contributed by atoms with Crippen molar-refractivity contribution >= 4 is 5.78 Å². The second-order valence-corrected chi connectivity index (χ2v) is 10.7. The van der Waals surface area contributed by atoms with Gasteiger partial charge >= 0.3 is 0 Å². The number of ketones is 1. The average Bonchev–Trinajstić information content (AvgIpc) is 2.85. The first kappa shape index (κ1) is 41.0. The van der Waals surface area contributed by atoms with Crippen molar-refractivity contribution in [3.63, 3.8) is 0 Å². The number of unbranched alkanes of at least 4 members (excludes halogenated alkanes) is 1. The Balaban J connectivity index is -0.000000500. The molecular weight excluding hydrogens is 474 g/mol. The van der Waals surface area contributed by atoms with Crippen molar-refractivity contribution in [2.24, 2.45) is 11.8 Å². The van der Waals surface area contributed by atoms with Crippen molar-refractivity contribution in [1.29, 1.82) is 0 Å². The number of Topliss-reactive ketones (excluding diaryl/α,β-unsaturated/α-hetero) is 1. The predicted octanol–water partition coefficient (Wildman–Crippen LogP) is 12.5. The third-order valence-corrected chi connectivity index (χ3v) is 6.29. The summed E-state index contributed by atoms with van der Waals surface area (Å²) >= 11 is 0. The van der Waals surface area contributed by atoms with Crippen LogP contribution in [0.2, 0.25) is 0 Å². The lowest BCUT2D eigenvalue weighted by Gasteiger charge is -2.09. The van der Waals surface area contributed by atoms with Crippen LogP contribution in [0.25, 0.3) is 0 Å². The molecule has 2 unspecified atom stereocenters. The number of rotatable bonds is 17. The summed E-state index contributed by atoms with van der Waals surface area (Å²) in [6, 6.07) is 3.77. The fourth-order valence-electron chi connectivity index (χ4n) is 4.21. The third kappa shape index (κ3) is 30.7. The molecule has 224 valence electrons. The first-order valence-corrected chi connectivity index (χ1v) is 15.7. The molecule has 2 atom stereocenters. The number of carbonyl (C=O) groups is 1. The molecule has 0 aliphatic rings. The molecule has 0 bridgehead atoms. The largest absolute Gasteiger partial charge is 0.300 e. The number of carbonyl (C=O) groups excluding carboxylic acids is 1. The van der Waals surface area contributed by atoms with Gasteiger partial charge < -0.3 is 0 Å². The van der Waals surface area contributed by atoms with Crippen molar-refractivity contribution < 1.29 is 13.6 Å². The van der Waals surface area contributed by atoms with Crippen LogP contribution in [0.3, 0.4) is 0 Å². The second-order valence-electron chi connectivity index (χ2n) is 10.7. The number of benzene rings is 1. The quantitative estimate of drug-likeness (QED) is 0.180. The topological polar surface area (TPSA) is 17.1 Å². The van der Waals surface area contributed by atoms with E-state index in [-0.39, 0.29) is 0 Å². The molecule has 3 heteroatoms.